The van der Waals surface area contributed by atoms with Gasteiger partial charge in [-0.25, -0.2) is 4.39 Å². The van der Waals surface area contributed by atoms with Crippen LogP contribution in [0.3, 0.4) is 0 Å². The summed E-state index contributed by atoms with van der Waals surface area (Å²) in [6.07, 6.45) is 0. The van der Waals surface area contributed by atoms with Crippen molar-refractivity contribution in [3.05, 3.63) is 75.6 Å². The number of amides is 1. The van der Waals surface area contributed by atoms with E-state index in [0.29, 0.717) is 25.2 Å². The highest BCUT2D eigenvalue weighted by molar-refractivity contribution is 5.94. The maximum absolute atomic E-state index is 13.0. The normalized spacial score (nSPS) is 15.2. The Balaban J connectivity index is 1.53. The van der Waals surface area contributed by atoms with E-state index in [1.807, 2.05) is 0 Å². The molecule has 2 aromatic carbocycles. The van der Waals surface area contributed by atoms with Gasteiger partial charge in [0.1, 0.15) is 5.82 Å². The molecule has 0 spiro atoms. The summed E-state index contributed by atoms with van der Waals surface area (Å²) in [5.74, 6) is -0.445. The summed E-state index contributed by atoms with van der Waals surface area (Å²) in [5.41, 5.74) is 1.58. The van der Waals surface area contributed by atoms with Gasteiger partial charge in [-0.05, 0) is 29.8 Å². The van der Waals surface area contributed by atoms with E-state index in [0.717, 1.165) is 18.7 Å². The maximum Gasteiger partial charge on any atom is 0.269 e. The van der Waals surface area contributed by atoms with Crippen LogP contribution < -0.4 is 0 Å². The Morgan fingerprint density at radius 1 is 1.00 bits per heavy atom. The topological polar surface area (TPSA) is 66.7 Å². The van der Waals surface area contributed by atoms with Gasteiger partial charge in [-0.3, -0.25) is 19.8 Å². The summed E-state index contributed by atoms with van der Waals surface area (Å²) in [6.45, 7) is 3.34. The second-order valence-electron chi connectivity index (χ2n) is 6.00. The smallest absolute Gasteiger partial charge is 0.269 e. The molecule has 6 nitrogen and oxygen atoms in total. The average molecular weight is 343 g/mol. The molecule has 0 radical (unpaired) electrons. The van der Waals surface area contributed by atoms with Crippen molar-refractivity contribution in [3.63, 3.8) is 0 Å². The number of carbonyl (C=O) groups excluding carboxylic acids is 1. The molecular formula is C18H18FN3O3. The van der Waals surface area contributed by atoms with Gasteiger partial charge in [0, 0.05) is 50.4 Å². The molecule has 0 atom stereocenters. The zero-order valence-electron chi connectivity index (χ0n) is 13.6. The predicted molar refractivity (Wildman–Crippen MR) is 90.7 cm³/mol. The summed E-state index contributed by atoms with van der Waals surface area (Å²) in [6, 6.07) is 12.1. The zero-order valence-corrected chi connectivity index (χ0v) is 13.6. The highest BCUT2D eigenvalue weighted by Crippen LogP contribution is 2.15. The van der Waals surface area contributed by atoms with Crippen LogP contribution in [0.5, 0.6) is 0 Å². The summed E-state index contributed by atoms with van der Waals surface area (Å²) in [5, 5.41) is 10.7. The number of piperazine rings is 1. The van der Waals surface area contributed by atoms with E-state index in [9.17, 15) is 19.3 Å². The molecule has 1 amide bonds. The van der Waals surface area contributed by atoms with Crippen LogP contribution in [0.1, 0.15) is 15.9 Å². The van der Waals surface area contributed by atoms with E-state index < -0.39 is 4.92 Å². The first-order valence-corrected chi connectivity index (χ1v) is 8.03. The molecule has 0 N–H and O–H groups in total. The molecule has 1 aliphatic heterocycles. The van der Waals surface area contributed by atoms with E-state index >= 15 is 0 Å². The Bertz CT molecular complexity index is 754. The molecule has 1 aliphatic rings. The van der Waals surface area contributed by atoms with E-state index in [1.54, 1.807) is 17.0 Å². The summed E-state index contributed by atoms with van der Waals surface area (Å²) >= 11 is 0. The molecule has 0 bridgehead atoms. The molecule has 1 fully saturated rings. The van der Waals surface area contributed by atoms with Crippen molar-refractivity contribution in [2.45, 2.75) is 6.54 Å². The van der Waals surface area contributed by atoms with Crippen LogP contribution in [0.2, 0.25) is 0 Å². The number of nitro groups is 1. The summed E-state index contributed by atoms with van der Waals surface area (Å²) < 4.78 is 13.0. The first-order chi connectivity index (χ1) is 12.0. The van der Waals surface area contributed by atoms with Gasteiger partial charge in [-0.1, -0.05) is 12.1 Å². The standard InChI is InChI=1S/C18H18FN3O3/c19-16-5-3-15(4-6-16)18(23)21-11-9-20(10-12-21)13-14-1-7-17(8-2-14)22(24)25/h1-8H,9-13H2. The highest BCUT2D eigenvalue weighted by atomic mass is 19.1. The van der Waals surface area contributed by atoms with Crippen molar-refractivity contribution in [2.24, 2.45) is 0 Å². The molecule has 0 aliphatic carbocycles. The van der Waals surface area contributed by atoms with Crippen LogP contribution >= 0.6 is 0 Å². The van der Waals surface area contributed by atoms with Gasteiger partial charge in [0.2, 0.25) is 0 Å². The van der Waals surface area contributed by atoms with Crippen molar-refractivity contribution in [1.82, 2.24) is 9.80 Å². The number of non-ortho nitro benzene ring substituents is 1. The predicted octanol–water partition coefficient (Wildman–Crippen LogP) is 2.69. The molecule has 7 heteroatoms. The summed E-state index contributed by atoms with van der Waals surface area (Å²) in [7, 11) is 0. The second-order valence-corrected chi connectivity index (χ2v) is 6.00. The number of nitro benzene ring substituents is 1. The van der Waals surface area contributed by atoms with Gasteiger partial charge in [-0.15, -0.1) is 0 Å². The van der Waals surface area contributed by atoms with Crippen molar-refractivity contribution < 1.29 is 14.1 Å². The van der Waals surface area contributed by atoms with Crippen molar-refractivity contribution in [1.29, 1.82) is 0 Å². The third kappa shape index (κ3) is 4.19. The largest absolute Gasteiger partial charge is 0.336 e. The molecular weight excluding hydrogens is 325 g/mol. The summed E-state index contributed by atoms with van der Waals surface area (Å²) in [4.78, 5) is 26.6. The Labute approximate surface area is 144 Å². The Kier molecular flexibility index (Phi) is 5.04. The van der Waals surface area contributed by atoms with Crippen LogP contribution in [-0.4, -0.2) is 46.8 Å². The van der Waals surface area contributed by atoms with Crippen LogP contribution in [0, 0.1) is 15.9 Å². The van der Waals surface area contributed by atoms with Crippen LogP contribution in [-0.2, 0) is 6.54 Å². The van der Waals surface area contributed by atoms with Gasteiger partial charge in [-0.2, -0.15) is 0 Å². The lowest BCUT2D eigenvalue weighted by Crippen LogP contribution is -2.48. The fourth-order valence-corrected chi connectivity index (χ4v) is 2.87. The minimum atomic E-state index is -0.413. The highest BCUT2D eigenvalue weighted by Gasteiger charge is 2.22. The monoisotopic (exact) mass is 343 g/mol. The quantitative estimate of drug-likeness (QED) is 0.632. The fourth-order valence-electron chi connectivity index (χ4n) is 2.87. The fraction of sp³-hybridized carbons (Fsp3) is 0.278. The number of hydrogen-bond donors (Lipinski definition) is 0. The first kappa shape index (κ1) is 17.0. The van der Waals surface area contributed by atoms with Gasteiger partial charge in [0.25, 0.3) is 11.6 Å². The number of hydrogen-bond acceptors (Lipinski definition) is 4. The van der Waals surface area contributed by atoms with Crippen molar-refractivity contribution >= 4 is 11.6 Å². The molecule has 25 heavy (non-hydrogen) atoms. The number of nitrogens with zero attached hydrogens (tertiary/aromatic N) is 3. The third-order valence-corrected chi connectivity index (χ3v) is 4.30. The number of halogens is 1. The Morgan fingerprint density at radius 3 is 2.16 bits per heavy atom. The minimum absolute atomic E-state index is 0.0819. The van der Waals surface area contributed by atoms with E-state index in [2.05, 4.69) is 4.90 Å². The molecule has 0 aromatic heterocycles. The van der Waals surface area contributed by atoms with Crippen molar-refractivity contribution in [2.75, 3.05) is 26.2 Å². The molecule has 0 saturated carbocycles. The zero-order chi connectivity index (χ0) is 17.8. The molecule has 3 rings (SSSR count). The first-order valence-electron chi connectivity index (χ1n) is 8.03. The lowest BCUT2D eigenvalue weighted by molar-refractivity contribution is -0.384. The number of rotatable bonds is 4. The van der Waals surface area contributed by atoms with Crippen molar-refractivity contribution in [3.8, 4) is 0 Å². The molecule has 130 valence electrons. The Morgan fingerprint density at radius 2 is 1.60 bits per heavy atom. The Hall–Kier alpha value is -2.80. The van der Waals surface area contributed by atoms with Crippen LogP contribution in [0.15, 0.2) is 48.5 Å². The second kappa shape index (κ2) is 7.40. The van der Waals surface area contributed by atoms with Crippen LogP contribution in [0.25, 0.3) is 0 Å². The molecule has 1 heterocycles. The van der Waals surface area contributed by atoms with Gasteiger partial charge in [0.05, 0.1) is 4.92 Å². The number of benzene rings is 2. The minimum Gasteiger partial charge on any atom is -0.336 e. The van der Waals surface area contributed by atoms with Gasteiger partial charge in [0.15, 0.2) is 0 Å². The molecule has 1 saturated heterocycles. The number of carbonyl (C=O) groups is 1. The molecule has 2 aromatic rings. The lowest BCUT2D eigenvalue weighted by atomic mass is 10.1. The van der Waals surface area contributed by atoms with E-state index in [1.165, 1.54) is 36.4 Å². The van der Waals surface area contributed by atoms with Gasteiger partial charge < -0.3 is 4.90 Å². The third-order valence-electron chi connectivity index (χ3n) is 4.30. The lowest BCUT2D eigenvalue weighted by Gasteiger charge is -2.34. The average Bonchev–Trinajstić information content (AvgIpc) is 2.63. The van der Waals surface area contributed by atoms with E-state index in [4.69, 9.17) is 0 Å². The maximum atomic E-state index is 13.0. The molecule has 0 unspecified atom stereocenters. The van der Waals surface area contributed by atoms with Crippen LogP contribution in [0.4, 0.5) is 10.1 Å². The van der Waals surface area contributed by atoms with Gasteiger partial charge >= 0.3 is 0 Å². The van der Waals surface area contributed by atoms with E-state index in [-0.39, 0.29) is 17.4 Å². The SMILES string of the molecule is O=C(c1ccc(F)cc1)N1CCN(Cc2ccc([N+](=O)[O-])cc2)CC1.